The fraction of sp³-hybridized carbons (Fsp3) is 0.441. The number of hydrogen-bond acceptors (Lipinski definition) is 4. The zero-order valence-electron chi connectivity index (χ0n) is 26.2. The lowest BCUT2D eigenvalue weighted by Gasteiger charge is -2.52. The van der Waals surface area contributed by atoms with Gasteiger partial charge in [0, 0.05) is 29.9 Å². The minimum atomic E-state index is -5.02. The van der Waals surface area contributed by atoms with E-state index in [0.29, 0.717) is 24.0 Å². The first kappa shape index (κ1) is 34.6. The molecule has 4 heterocycles. The third-order valence-electron chi connectivity index (χ3n) is 9.10. The van der Waals surface area contributed by atoms with Crippen LogP contribution in [0.3, 0.4) is 0 Å². The van der Waals surface area contributed by atoms with Gasteiger partial charge in [0.2, 0.25) is 5.91 Å². The second kappa shape index (κ2) is 13.1. The molecule has 3 aliphatic heterocycles. The minimum Gasteiger partial charge on any atom is -0.350 e. The predicted molar refractivity (Wildman–Crippen MR) is 173 cm³/mol. The van der Waals surface area contributed by atoms with Crippen LogP contribution in [0, 0.1) is 17.3 Å². The van der Waals surface area contributed by atoms with Crippen molar-refractivity contribution in [1.82, 2.24) is 20.5 Å². The summed E-state index contributed by atoms with van der Waals surface area (Å²) in [4.78, 5) is 21.1. The van der Waals surface area contributed by atoms with Crippen LogP contribution in [0.15, 0.2) is 67.4 Å². The molecule has 6 nitrogen and oxygen atoms in total. The number of aromatic nitrogens is 1. The topological polar surface area (TPSA) is 69.3 Å². The number of para-hydroxylation sites is 1. The molecule has 3 saturated heterocycles. The fourth-order valence-corrected chi connectivity index (χ4v) is 6.97. The summed E-state index contributed by atoms with van der Waals surface area (Å²) in [5.41, 5.74) is -2.57. The standard InChI is InChI=1S/C34H37F6N5OS/c1-5-19-18-45-13-11-20(19)14-27(45)28(25-10-12-41-26-9-7-6-8-24(25)26)43-30(46)29(32(2,3)4)44-31(47)42-23-16-21(33(35,36)37)15-22(17-23)34(38,39)40/h5-10,12,15-17,19-20,27-29H,1,11,13-14,18H2,2-4H3,(H,43,46)(H2,42,44,47). The molecule has 3 aromatic rings. The van der Waals surface area contributed by atoms with Crippen molar-refractivity contribution in [3.05, 3.63) is 84.1 Å². The predicted octanol–water partition coefficient (Wildman–Crippen LogP) is 7.73. The second-order valence-electron chi connectivity index (χ2n) is 13.3. The average Bonchev–Trinajstić information content (AvgIpc) is 3.00. The van der Waals surface area contributed by atoms with E-state index >= 15 is 0 Å². The van der Waals surface area contributed by atoms with Gasteiger partial charge in [-0.1, -0.05) is 45.0 Å². The number of piperidine rings is 3. The summed E-state index contributed by atoms with van der Waals surface area (Å²) in [6.45, 7) is 11.1. The lowest BCUT2D eigenvalue weighted by atomic mass is 9.73. The SMILES string of the molecule is C=CC1CN2CCC1CC2C(NC(=O)C(NC(=S)Nc1cc(C(F)(F)F)cc(C(F)(F)F)c1)C(C)(C)C)c1ccnc2ccccc12. The fourth-order valence-electron chi connectivity index (χ4n) is 6.73. The molecule has 47 heavy (non-hydrogen) atoms. The van der Waals surface area contributed by atoms with E-state index in [2.05, 4.69) is 32.4 Å². The van der Waals surface area contributed by atoms with Crippen molar-refractivity contribution in [3.63, 3.8) is 0 Å². The number of amides is 1. The van der Waals surface area contributed by atoms with E-state index in [-0.39, 0.29) is 17.2 Å². The number of anilines is 1. The number of carbonyl (C=O) groups excluding carboxylic acids is 1. The molecule has 2 aromatic carbocycles. The highest BCUT2D eigenvalue weighted by Gasteiger charge is 2.44. The Morgan fingerprint density at radius 1 is 1.02 bits per heavy atom. The van der Waals surface area contributed by atoms with Gasteiger partial charge in [-0.3, -0.25) is 14.7 Å². The Labute approximate surface area is 275 Å². The summed E-state index contributed by atoms with van der Waals surface area (Å²) in [7, 11) is 0. The molecule has 0 aliphatic carbocycles. The maximum Gasteiger partial charge on any atom is 0.416 e. The van der Waals surface area contributed by atoms with Crippen molar-refractivity contribution >= 4 is 39.8 Å². The molecule has 13 heteroatoms. The molecule has 6 unspecified atom stereocenters. The van der Waals surface area contributed by atoms with Gasteiger partial charge in [-0.05, 0) is 84.8 Å². The first-order valence-electron chi connectivity index (χ1n) is 15.3. The molecule has 3 fully saturated rings. The van der Waals surface area contributed by atoms with Crippen LogP contribution in [0.4, 0.5) is 32.0 Å². The molecule has 0 spiro atoms. The summed E-state index contributed by atoms with van der Waals surface area (Å²) >= 11 is 5.35. The van der Waals surface area contributed by atoms with Crippen LogP contribution in [0.1, 0.15) is 56.3 Å². The number of halogens is 6. The van der Waals surface area contributed by atoms with E-state index < -0.39 is 52.6 Å². The molecule has 0 radical (unpaired) electrons. The monoisotopic (exact) mass is 677 g/mol. The largest absolute Gasteiger partial charge is 0.416 e. The van der Waals surface area contributed by atoms with Crippen molar-refractivity contribution in [1.29, 1.82) is 0 Å². The molecule has 3 aliphatic rings. The smallest absolute Gasteiger partial charge is 0.350 e. The zero-order chi connectivity index (χ0) is 34.3. The van der Waals surface area contributed by atoms with Crippen molar-refractivity contribution in [3.8, 4) is 0 Å². The van der Waals surface area contributed by atoms with E-state index in [1.807, 2.05) is 36.4 Å². The number of benzene rings is 2. The second-order valence-corrected chi connectivity index (χ2v) is 13.8. The maximum atomic E-state index is 14.2. The third kappa shape index (κ3) is 7.72. The van der Waals surface area contributed by atoms with Gasteiger partial charge in [0.05, 0.1) is 22.7 Å². The average molecular weight is 678 g/mol. The van der Waals surface area contributed by atoms with Crippen LogP contribution in [-0.4, -0.2) is 46.1 Å². The highest BCUT2D eigenvalue weighted by atomic mass is 32.1. The van der Waals surface area contributed by atoms with Gasteiger partial charge in [-0.15, -0.1) is 6.58 Å². The van der Waals surface area contributed by atoms with Crippen molar-refractivity contribution in [2.24, 2.45) is 17.3 Å². The number of carbonyl (C=O) groups is 1. The third-order valence-corrected chi connectivity index (χ3v) is 9.32. The highest BCUT2D eigenvalue weighted by Crippen LogP contribution is 2.42. The molecule has 2 bridgehead atoms. The molecule has 6 rings (SSSR count). The van der Waals surface area contributed by atoms with Gasteiger partial charge >= 0.3 is 12.4 Å². The zero-order valence-corrected chi connectivity index (χ0v) is 27.0. The number of alkyl halides is 6. The molecular formula is C34H37F6N5OS. The van der Waals surface area contributed by atoms with Gasteiger partial charge in [-0.2, -0.15) is 26.3 Å². The number of pyridine rings is 1. The van der Waals surface area contributed by atoms with E-state index in [9.17, 15) is 31.1 Å². The van der Waals surface area contributed by atoms with Crippen LogP contribution in [0.25, 0.3) is 10.9 Å². The lowest BCUT2D eigenvalue weighted by Crippen LogP contribution is -2.60. The Hall–Kier alpha value is -3.71. The highest BCUT2D eigenvalue weighted by molar-refractivity contribution is 7.80. The van der Waals surface area contributed by atoms with E-state index in [1.54, 1.807) is 27.0 Å². The quantitative estimate of drug-likeness (QED) is 0.135. The Balaban J connectivity index is 1.44. The van der Waals surface area contributed by atoms with Crippen LogP contribution in [0.2, 0.25) is 0 Å². The first-order valence-corrected chi connectivity index (χ1v) is 15.7. The number of hydrogen-bond donors (Lipinski definition) is 3. The number of fused-ring (bicyclic) bond motifs is 4. The Morgan fingerprint density at radius 2 is 1.68 bits per heavy atom. The number of nitrogens with one attached hydrogen (secondary N) is 3. The lowest BCUT2D eigenvalue weighted by molar-refractivity contribution is -0.143. The Bertz CT molecular complexity index is 1610. The summed E-state index contributed by atoms with van der Waals surface area (Å²) in [5.74, 6) is 0.347. The Morgan fingerprint density at radius 3 is 2.26 bits per heavy atom. The Kier molecular flexibility index (Phi) is 9.62. The summed E-state index contributed by atoms with van der Waals surface area (Å²) in [6, 6.07) is 9.21. The summed E-state index contributed by atoms with van der Waals surface area (Å²) < 4.78 is 80.7. The van der Waals surface area contributed by atoms with E-state index in [0.717, 1.165) is 42.4 Å². The summed E-state index contributed by atoms with van der Waals surface area (Å²) in [5, 5.41) is 9.18. The van der Waals surface area contributed by atoms with Gasteiger partial charge in [-0.25, -0.2) is 0 Å². The van der Waals surface area contributed by atoms with Crippen LogP contribution in [0.5, 0.6) is 0 Å². The van der Waals surface area contributed by atoms with Crippen molar-refractivity contribution in [2.45, 2.75) is 64.1 Å². The van der Waals surface area contributed by atoms with E-state index in [4.69, 9.17) is 12.2 Å². The maximum absolute atomic E-state index is 14.2. The molecule has 6 atom stereocenters. The van der Waals surface area contributed by atoms with Crippen molar-refractivity contribution < 1.29 is 31.1 Å². The van der Waals surface area contributed by atoms with Gasteiger partial charge in [0.25, 0.3) is 0 Å². The molecule has 252 valence electrons. The van der Waals surface area contributed by atoms with Gasteiger partial charge < -0.3 is 16.0 Å². The molecular weight excluding hydrogens is 640 g/mol. The van der Waals surface area contributed by atoms with Crippen LogP contribution < -0.4 is 16.0 Å². The molecule has 0 saturated carbocycles. The minimum absolute atomic E-state index is 0.0312. The van der Waals surface area contributed by atoms with Crippen LogP contribution in [-0.2, 0) is 17.1 Å². The van der Waals surface area contributed by atoms with Crippen LogP contribution >= 0.6 is 12.2 Å². The molecule has 3 N–H and O–H groups in total. The van der Waals surface area contributed by atoms with Gasteiger partial charge in [0.15, 0.2) is 5.11 Å². The molecule has 1 aromatic heterocycles. The first-order chi connectivity index (χ1) is 22.0. The number of thiocarbonyl (C=S) groups is 1. The summed E-state index contributed by atoms with van der Waals surface area (Å²) in [6.07, 6.45) is -4.47. The van der Waals surface area contributed by atoms with E-state index in [1.165, 1.54) is 0 Å². The number of nitrogens with zero attached hydrogens (tertiary/aromatic N) is 2. The molecule has 1 amide bonds. The van der Waals surface area contributed by atoms with Crippen molar-refractivity contribution in [2.75, 3.05) is 18.4 Å². The number of rotatable bonds is 7. The van der Waals surface area contributed by atoms with Gasteiger partial charge in [0.1, 0.15) is 6.04 Å². The normalized spacial score (nSPS) is 22.7.